The van der Waals surface area contributed by atoms with E-state index in [4.69, 9.17) is 4.43 Å². The van der Waals surface area contributed by atoms with Crippen molar-refractivity contribution in [2.45, 2.75) is 83.9 Å². The highest BCUT2D eigenvalue weighted by Crippen LogP contribution is 2.26. The summed E-state index contributed by atoms with van der Waals surface area (Å²) < 4.78 is 6.19. The van der Waals surface area contributed by atoms with Crippen molar-refractivity contribution in [3.05, 3.63) is 12.3 Å². The molecule has 0 amide bonds. The van der Waals surface area contributed by atoms with Crippen molar-refractivity contribution in [3.8, 4) is 0 Å². The quantitative estimate of drug-likeness (QED) is 0.352. The van der Waals surface area contributed by atoms with Crippen LogP contribution in [0.2, 0.25) is 42.3 Å². The Labute approximate surface area is 117 Å². The third kappa shape index (κ3) is 4.92. The highest BCUT2D eigenvalue weighted by molar-refractivity contribution is 6.80. The second-order valence-electron chi connectivity index (χ2n) is 5.50. The van der Waals surface area contributed by atoms with Crippen LogP contribution in [0.15, 0.2) is 12.3 Å². The minimum absolute atomic E-state index is 0.996. The molecule has 0 aromatic carbocycles. The summed E-state index contributed by atoms with van der Waals surface area (Å²) >= 11 is 0. The molecule has 0 saturated heterocycles. The van der Waals surface area contributed by atoms with E-state index < -0.39 is 16.4 Å². The van der Waals surface area contributed by atoms with Crippen molar-refractivity contribution in [2.24, 2.45) is 0 Å². The summed E-state index contributed by atoms with van der Waals surface area (Å²) in [5.41, 5.74) is 0. The molecular formula is C15H34OSi2. The third-order valence-electron chi connectivity index (χ3n) is 5.15. The predicted molar refractivity (Wildman–Crippen MR) is 89.4 cm³/mol. The Morgan fingerprint density at radius 1 is 0.722 bits per heavy atom. The predicted octanol–water partition coefficient (Wildman–Crippen LogP) is 6.03. The van der Waals surface area contributed by atoms with Crippen LogP contribution in [-0.4, -0.2) is 16.4 Å². The Bertz CT molecular complexity index is 190. The summed E-state index contributed by atoms with van der Waals surface area (Å²) in [4.78, 5) is 0. The zero-order chi connectivity index (χ0) is 14.1. The summed E-state index contributed by atoms with van der Waals surface area (Å²) in [6.45, 7) is 14.0. The molecule has 0 aliphatic carbocycles. The molecule has 0 N–H and O–H groups in total. The van der Waals surface area contributed by atoms with Gasteiger partial charge in [0.1, 0.15) is 0 Å². The van der Waals surface area contributed by atoms with E-state index >= 15 is 0 Å². The van der Waals surface area contributed by atoms with Crippen LogP contribution in [0, 0.1) is 0 Å². The normalized spacial score (nSPS) is 13.2. The molecule has 1 nitrogen and oxygen atoms in total. The molecule has 0 aliphatic heterocycles. The summed E-state index contributed by atoms with van der Waals surface area (Å²) in [5, 5.41) is 0. The van der Waals surface area contributed by atoms with E-state index in [2.05, 4.69) is 53.9 Å². The molecule has 0 saturated carbocycles. The van der Waals surface area contributed by atoms with Gasteiger partial charge in [0.2, 0.25) is 8.32 Å². The van der Waals surface area contributed by atoms with Crippen LogP contribution >= 0.6 is 0 Å². The Hall–Kier alpha value is -0.0262. The monoisotopic (exact) mass is 286 g/mol. The van der Waals surface area contributed by atoms with Gasteiger partial charge in [-0.25, -0.2) is 0 Å². The van der Waals surface area contributed by atoms with Gasteiger partial charge in [0.25, 0.3) is 0 Å². The molecule has 0 aromatic rings. The molecule has 0 aliphatic rings. The molecule has 0 bridgehead atoms. The molecule has 108 valence electrons. The van der Waals surface area contributed by atoms with Gasteiger partial charge in [-0.1, -0.05) is 65.8 Å². The third-order valence-corrected chi connectivity index (χ3v) is 15.3. The van der Waals surface area contributed by atoms with E-state index in [9.17, 15) is 0 Å². The summed E-state index contributed by atoms with van der Waals surface area (Å²) in [6, 6.07) is 9.23. The fraction of sp³-hybridized carbons (Fsp3) is 0.867. The van der Waals surface area contributed by atoms with Gasteiger partial charge in [0.15, 0.2) is 0 Å². The molecule has 0 atom stereocenters. The highest BCUT2D eigenvalue weighted by atomic mass is 28.4. The minimum atomic E-state index is -1.42. The van der Waals surface area contributed by atoms with Crippen molar-refractivity contribution < 1.29 is 4.43 Å². The van der Waals surface area contributed by atoms with E-state index in [0.717, 1.165) is 0 Å². The molecule has 0 fully saturated rings. The van der Waals surface area contributed by atoms with Crippen LogP contribution in [0.3, 0.4) is 0 Å². The first kappa shape index (κ1) is 18.0. The Morgan fingerprint density at radius 3 is 1.50 bits per heavy atom. The van der Waals surface area contributed by atoms with E-state index in [-0.39, 0.29) is 0 Å². The van der Waals surface area contributed by atoms with Gasteiger partial charge in [0.05, 0.1) is 14.3 Å². The maximum atomic E-state index is 6.19. The Kier molecular flexibility index (Phi) is 8.96. The molecule has 0 spiro atoms. The van der Waals surface area contributed by atoms with E-state index in [1.165, 1.54) is 42.3 Å². The number of hydrogen-bond donors (Lipinski definition) is 0. The van der Waals surface area contributed by atoms with Crippen LogP contribution in [0.25, 0.3) is 0 Å². The van der Waals surface area contributed by atoms with E-state index in [1.54, 1.807) is 0 Å². The lowest BCUT2D eigenvalue weighted by molar-refractivity contribution is 0.457. The first-order chi connectivity index (χ1) is 8.57. The zero-order valence-corrected chi connectivity index (χ0v) is 15.5. The van der Waals surface area contributed by atoms with Gasteiger partial charge in [-0.05, 0) is 24.2 Å². The smallest absolute Gasteiger partial charge is 0.249 e. The first-order valence-corrected chi connectivity index (χ1v) is 13.3. The van der Waals surface area contributed by atoms with Crippen molar-refractivity contribution in [3.63, 3.8) is 0 Å². The molecule has 0 heterocycles. The average Bonchev–Trinajstić information content (AvgIpc) is 2.45. The van der Waals surface area contributed by atoms with E-state index in [1.807, 2.05) is 0 Å². The average molecular weight is 287 g/mol. The van der Waals surface area contributed by atoms with Crippen LogP contribution in [-0.2, 0) is 4.43 Å². The van der Waals surface area contributed by atoms with Crippen LogP contribution < -0.4 is 0 Å². The lowest BCUT2D eigenvalue weighted by Gasteiger charge is -2.28. The summed E-state index contributed by atoms with van der Waals surface area (Å²) in [5.74, 6) is 0. The highest BCUT2D eigenvalue weighted by Gasteiger charge is 2.29. The van der Waals surface area contributed by atoms with Gasteiger partial charge >= 0.3 is 0 Å². The first-order valence-electron chi connectivity index (χ1n) is 7.90. The number of allylic oxidation sites excluding steroid dienone is 1. The Morgan fingerprint density at radius 2 is 1.17 bits per heavy atom. The molecular weight excluding hydrogens is 252 g/mol. The summed E-state index contributed by atoms with van der Waals surface area (Å²) in [7, 11) is -2.41. The standard InChI is InChI=1S/C15H34OSi2/c1-7-17(8-2,9-3)15-13-14-16-18(10-4,11-5)12-6/h13-14H,7-12,15H2,1-6H3/b14-13+. The van der Waals surface area contributed by atoms with Crippen LogP contribution in [0.5, 0.6) is 0 Å². The molecule has 18 heavy (non-hydrogen) atoms. The maximum Gasteiger partial charge on any atom is 0.249 e. The number of hydrogen-bond acceptors (Lipinski definition) is 1. The van der Waals surface area contributed by atoms with Crippen molar-refractivity contribution >= 4 is 16.4 Å². The van der Waals surface area contributed by atoms with Gasteiger partial charge in [-0.3, -0.25) is 0 Å². The molecule has 0 rings (SSSR count). The fourth-order valence-corrected chi connectivity index (χ4v) is 8.02. The van der Waals surface area contributed by atoms with Crippen LogP contribution in [0.1, 0.15) is 41.5 Å². The van der Waals surface area contributed by atoms with Gasteiger partial charge in [-0.2, -0.15) is 0 Å². The lowest BCUT2D eigenvalue weighted by atomic mass is 10.7. The topological polar surface area (TPSA) is 9.23 Å². The largest absolute Gasteiger partial charge is 0.549 e. The van der Waals surface area contributed by atoms with E-state index in [0.29, 0.717) is 0 Å². The zero-order valence-electron chi connectivity index (χ0n) is 13.5. The van der Waals surface area contributed by atoms with Gasteiger partial charge in [0, 0.05) is 0 Å². The molecule has 0 aromatic heterocycles. The Balaban J connectivity index is 4.40. The molecule has 3 heteroatoms. The van der Waals surface area contributed by atoms with Crippen molar-refractivity contribution in [1.82, 2.24) is 0 Å². The van der Waals surface area contributed by atoms with Crippen LogP contribution in [0.4, 0.5) is 0 Å². The minimum Gasteiger partial charge on any atom is -0.549 e. The lowest BCUT2D eigenvalue weighted by Crippen LogP contribution is -2.34. The van der Waals surface area contributed by atoms with Gasteiger partial charge in [-0.15, -0.1) is 0 Å². The fourth-order valence-electron chi connectivity index (χ4n) is 2.67. The second kappa shape index (κ2) is 8.97. The SMILES string of the molecule is CC[Si](CC)(CC)C/C=C/O[Si](CC)(CC)CC. The van der Waals surface area contributed by atoms with Gasteiger partial charge < -0.3 is 4.43 Å². The molecule has 0 unspecified atom stereocenters. The molecule has 0 radical (unpaired) electrons. The summed E-state index contributed by atoms with van der Waals surface area (Å²) in [6.07, 6.45) is 4.40. The maximum absolute atomic E-state index is 6.19. The number of rotatable bonds is 10. The second-order valence-corrected chi connectivity index (χ2v) is 15.8. The van der Waals surface area contributed by atoms with Crippen molar-refractivity contribution in [1.29, 1.82) is 0 Å². The van der Waals surface area contributed by atoms with Crippen molar-refractivity contribution in [2.75, 3.05) is 0 Å².